The van der Waals surface area contributed by atoms with E-state index in [0.29, 0.717) is 0 Å². The van der Waals surface area contributed by atoms with E-state index in [1.165, 1.54) is 4.90 Å². The SMILES string of the molecule is C[C@H]1[C@H](O[Si](C)(C)C(C)(C)C)CC(=O)N1C(=O)OCc1ccccc1. The first-order valence-corrected chi connectivity index (χ1v) is 11.6. The van der Waals surface area contributed by atoms with Gasteiger partial charge in [0.05, 0.1) is 18.6 Å². The van der Waals surface area contributed by atoms with Crippen molar-refractivity contribution in [3.63, 3.8) is 0 Å². The third-order valence-electron chi connectivity index (χ3n) is 5.24. The van der Waals surface area contributed by atoms with Crippen LogP contribution < -0.4 is 0 Å². The summed E-state index contributed by atoms with van der Waals surface area (Å²) in [6, 6.07) is 9.12. The number of ether oxygens (including phenoxy) is 1. The van der Waals surface area contributed by atoms with Gasteiger partial charge < -0.3 is 9.16 Å². The molecule has 0 unspecified atom stereocenters. The van der Waals surface area contributed by atoms with Gasteiger partial charge >= 0.3 is 6.09 Å². The van der Waals surface area contributed by atoms with Crippen molar-refractivity contribution in [2.75, 3.05) is 0 Å². The fourth-order valence-corrected chi connectivity index (χ4v) is 3.98. The second kappa shape index (κ2) is 7.29. The summed E-state index contributed by atoms with van der Waals surface area (Å²) in [5, 5.41) is 0.0526. The third-order valence-corrected chi connectivity index (χ3v) is 9.75. The highest BCUT2D eigenvalue weighted by molar-refractivity contribution is 6.74. The Balaban J connectivity index is 2.00. The van der Waals surface area contributed by atoms with Crippen molar-refractivity contribution in [3.8, 4) is 0 Å². The first-order chi connectivity index (χ1) is 11.5. The standard InChI is InChI=1S/C19H29NO4Si/c1-14-16(24-25(5,6)19(2,3)4)12-17(21)20(14)18(22)23-13-15-10-8-7-9-11-15/h7-11,14,16H,12-13H2,1-6H3/t14-,16+/m0/s1. The normalized spacial score (nSPS) is 21.5. The van der Waals surface area contributed by atoms with Gasteiger partial charge in [0, 0.05) is 0 Å². The molecule has 6 heteroatoms. The Morgan fingerprint density at radius 1 is 1.24 bits per heavy atom. The van der Waals surface area contributed by atoms with Gasteiger partial charge in [-0.15, -0.1) is 0 Å². The zero-order valence-electron chi connectivity index (χ0n) is 16.0. The van der Waals surface area contributed by atoms with E-state index in [2.05, 4.69) is 33.9 Å². The highest BCUT2D eigenvalue weighted by atomic mass is 28.4. The van der Waals surface area contributed by atoms with Crippen LogP contribution in [0.3, 0.4) is 0 Å². The van der Waals surface area contributed by atoms with Crippen molar-refractivity contribution in [2.45, 2.75) is 71.0 Å². The van der Waals surface area contributed by atoms with Gasteiger partial charge in [-0.2, -0.15) is 0 Å². The van der Waals surface area contributed by atoms with Crippen molar-refractivity contribution in [1.29, 1.82) is 0 Å². The second-order valence-corrected chi connectivity index (χ2v) is 12.9. The van der Waals surface area contributed by atoms with Crippen molar-refractivity contribution >= 4 is 20.3 Å². The molecule has 25 heavy (non-hydrogen) atoms. The fraction of sp³-hybridized carbons (Fsp3) is 0.579. The van der Waals surface area contributed by atoms with E-state index in [-0.39, 0.29) is 36.1 Å². The van der Waals surface area contributed by atoms with Crippen LogP contribution in [0.1, 0.15) is 39.7 Å². The number of nitrogens with zero attached hydrogens (tertiary/aromatic N) is 1. The summed E-state index contributed by atoms with van der Waals surface area (Å²) < 4.78 is 11.7. The van der Waals surface area contributed by atoms with Gasteiger partial charge in [0.15, 0.2) is 8.32 Å². The molecule has 0 aliphatic carbocycles. The topological polar surface area (TPSA) is 55.8 Å². The molecular formula is C19H29NO4Si. The minimum Gasteiger partial charge on any atom is -0.444 e. The predicted octanol–water partition coefficient (Wildman–Crippen LogP) is 4.33. The van der Waals surface area contributed by atoms with E-state index in [9.17, 15) is 9.59 Å². The third kappa shape index (κ3) is 4.49. The van der Waals surface area contributed by atoms with Crippen molar-refractivity contribution in [3.05, 3.63) is 35.9 Å². The summed E-state index contributed by atoms with van der Waals surface area (Å²) in [6.45, 7) is 12.8. The van der Waals surface area contributed by atoms with Crippen LogP contribution in [-0.2, 0) is 20.6 Å². The molecule has 1 heterocycles. The molecular weight excluding hydrogens is 334 g/mol. The quantitative estimate of drug-likeness (QED) is 0.747. The van der Waals surface area contributed by atoms with Gasteiger partial charge in [-0.05, 0) is 30.6 Å². The number of hydrogen-bond donors (Lipinski definition) is 0. The van der Waals surface area contributed by atoms with Crippen molar-refractivity contribution in [1.82, 2.24) is 4.90 Å². The number of carbonyl (C=O) groups excluding carboxylic acids is 2. The smallest absolute Gasteiger partial charge is 0.417 e. The molecule has 1 aliphatic heterocycles. The number of amides is 2. The Morgan fingerprint density at radius 3 is 2.40 bits per heavy atom. The Kier molecular flexibility index (Phi) is 5.74. The first-order valence-electron chi connectivity index (χ1n) is 8.73. The minimum atomic E-state index is -2.01. The van der Waals surface area contributed by atoms with Crippen LogP contribution in [0.4, 0.5) is 4.79 Å². The summed E-state index contributed by atoms with van der Waals surface area (Å²) in [4.78, 5) is 25.9. The molecule has 138 valence electrons. The maximum Gasteiger partial charge on any atom is 0.417 e. The Labute approximate surface area is 151 Å². The Hall–Kier alpha value is -1.66. The predicted molar refractivity (Wildman–Crippen MR) is 99.6 cm³/mol. The summed E-state index contributed by atoms with van der Waals surface area (Å²) in [6.07, 6.45) is -0.631. The van der Waals surface area contributed by atoms with Crippen LogP contribution in [0.5, 0.6) is 0 Å². The molecule has 1 aromatic rings. The molecule has 2 rings (SSSR count). The van der Waals surface area contributed by atoms with Gasteiger partial charge in [0.1, 0.15) is 6.61 Å². The minimum absolute atomic E-state index is 0.0526. The number of benzene rings is 1. The molecule has 1 aromatic carbocycles. The van der Waals surface area contributed by atoms with Crippen LogP contribution in [0.25, 0.3) is 0 Å². The molecule has 0 aromatic heterocycles. The Bertz CT molecular complexity index is 624. The maximum atomic E-state index is 12.4. The van der Waals surface area contributed by atoms with E-state index >= 15 is 0 Å². The number of imide groups is 1. The number of carbonyl (C=O) groups is 2. The lowest BCUT2D eigenvalue weighted by Gasteiger charge is -2.39. The molecule has 0 saturated carbocycles. The molecule has 2 atom stereocenters. The second-order valence-electron chi connectivity index (χ2n) is 8.17. The van der Waals surface area contributed by atoms with Crippen LogP contribution in [0, 0.1) is 0 Å². The van der Waals surface area contributed by atoms with Crippen LogP contribution >= 0.6 is 0 Å². The molecule has 1 aliphatic rings. The van der Waals surface area contributed by atoms with E-state index in [0.717, 1.165) is 5.56 Å². The first kappa shape index (κ1) is 19.7. The molecule has 0 spiro atoms. The molecule has 0 bridgehead atoms. The Morgan fingerprint density at radius 2 is 1.84 bits per heavy atom. The van der Waals surface area contributed by atoms with Crippen LogP contribution in [-0.4, -0.2) is 37.4 Å². The van der Waals surface area contributed by atoms with Crippen molar-refractivity contribution in [2.24, 2.45) is 0 Å². The van der Waals surface area contributed by atoms with Crippen LogP contribution in [0.15, 0.2) is 30.3 Å². The average Bonchev–Trinajstić information content (AvgIpc) is 2.78. The summed E-state index contributed by atoms with van der Waals surface area (Å²) in [7, 11) is -2.01. The van der Waals surface area contributed by atoms with E-state index in [4.69, 9.17) is 9.16 Å². The fourth-order valence-electron chi connectivity index (χ4n) is 2.59. The lowest BCUT2D eigenvalue weighted by Crippen LogP contribution is -2.47. The summed E-state index contributed by atoms with van der Waals surface area (Å²) >= 11 is 0. The molecule has 1 fully saturated rings. The van der Waals surface area contributed by atoms with Gasteiger partial charge in [-0.3, -0.25) is 4.79 Å². The summed E-state index contributed by atoms with van der Waals surface area (Å²) in [5.74, 6) is -0.228. The lowest BCUT2D eigenvalue weighted by atomic mass is 10.2. The number of rotatable bonds is 4. The van der Waals surface area contributed by atoms with Crippen LogP contribution in [0.2, 0.25) is 18.1 Å². The highest BCUT2D eigenvalue weighted by Crippen LogP contribution is 2.39. The monoisotopic (exact) mass is 363 g/mol. The zero-order valence-corrected chi connectivity index (χ0v) is 17.0. The average molecular weight is 364 g/mol. The molecule has 5 nitrogen and oxygen atoms in total. The molecule has 0 N–H and O–H groups in total. The molecule has 0 radical (unpaired) electrons. The van der Waals surface area contributed by atoms with Crippen molar-refractivity contribution < 1.29 is 18.8 Å². The zero-order chi connectivity index (χ0) is 18.8. The highest BCUT2D eigenvalue weighted by Gasteiger charge is 2.47. The maximum absolute atomic E-state index is 12.4. The van der Waals surface area contributed by atoms with E-state index < -0.39 is 14.4 Å². The summed E-state index contributed by atoms with van der Waals surface area (Å²) in [5.41, 5.74) is 0.893. The molecule has 2 amide bonds. The van der Waals surface area contributed by atoms with Gasteiger partial charge in [-0.1, -0.05) is 51.1 Å². The van der Waals surface area contributed by atoms with E-state index in [1.54, 1.807) is 0 Å². The number of hydrogen-bond acceptors (Lipinski definition) is 4. The van der Waals surface area contributed by atoms with Gasteiger partial charge in [-0.25, -0.2) is 9.69 Å². The van der Waals surface area contributed by atoms with E-state index in [1.807, 2.05) is 37.3 Å². The van der Waals surface area contributed by atoms with Gasteiger partial charge in [0.2, 0.25) is 5.91 Å². The largest absolute Gasteiger partial charge is 0.444 e. The number of likely N-dealkylation sites (tertiary alicyclic amines) is 1. The lowest BCUT2D eigenvalue weighted by molar-refractivity contribution is -0.127. The molecule has 1 saturated heterocycles. The van der Waals surface area contributed by atoms with Gasteiger partial charge in [0.25, 0.3) is 0 Å².